The molecule has 0 amide bonds. The highest BCUT2D eigenvalue weighted by Crippen LogP contribution is 2.40. The van der Waals surface area contributed by atoms with Crippen LogP contribution in [-0.4, -0.2) is 26.9 Å². The molecule has 2 heterocycles. The van der Waals surface area contributed by atoms with Gasteiger partial charge in [-0.05, 0) is 44.7 Å². The minimum Gasteiger partial charge on any atom is -0.496 e. The molecule has 0 unspecified atom stereocenters. The largest absolute Gasteiger partial charge is 0.496 e. The van der Waals surface area contributed by atoms with Crippen LogP contribution in [-0.2, 0) is 0 Å². The standard InChI is InChI=1S/C17H20N4O/c1-10-15-17(21(20-10)11(2)12-8-9-12)19-16(18-15)13-6-4-5-7-14(13)22-3/h4-7,11-12H,8-9H2,1-3H3,(H,18,19)/t11-/m0/s1. The van der Waals surface area contributed by atoms with Gasteiger partial charge in [-0.3, -0.25) is 0 Å². The number of hydrogen-bond donors (Lipinski definition) is 1. The monoisotopic (exact) mass is 296 g/mol. The van der Waals surface area contributed by atoms with E-state index in [4.69, 9.17) is 9.72 Å². The van der Waals surface area contributed by atoms with Crippen LogP contribution in [0, 0.1) is 12.8 Å². The second-order valence-corrected chi connectivity index (χ2v) is 6.09. The molecule has 0 spiro atoms. The SMILES string of the molecule is COc1ccccc1-c1nc2c([nH]1)c(C)nn2[C@@H](C)C1CC1. The molecule has 1 aromatic carbocycles. The second kappa shape index (κ2) is 4.87. The number of benzene rings is 1. The molecule has 0 radical (unpaired) electrons. The summed E-state index contributed by atoms with van der Waals surface area (Å²) < 4.78 is 7.53. The van der Waals surface area contributed by atoms with Crippen molar-refractivity contribution in [3.8, 4) is 17.1 Å². The first-order valence-corrected chi connectivity index (χ1v) is 7.77. The maximum Gasteiger partial charge on any atom is 0.177 e. The van der Waals surface area contributed by atoms with E-state index in [-0.39, 0.29) is 0 Å². The Labute approximate surface area is 129 Å². The lowest BCUT2D eigenvalue weighted by molar-refractivity contribution is 0.416. The van der Waals surface area contributed by atoms with Gasteiger partial charge in [0.05, 0.1) is 24.4 Å². The molecule has 1 saturated carbocycles. The van der Waals surface area contributed by atoms with Crippen LogP contribution >= 0.6 is 0 Å². The van der Waals surface area contributed by atoms with E-state index in [9.17, 15) is 0 Å². The maximum atomic E-state index is 5.45. The molecule has 5 nitrogen and oxygen atoms in total. The topological polar surface area (TPSA) is 55.7 Å². The number of methoxy groups -OCH3 is 1. The van der Waals surface area contributed by atoms with Gasteiger partial charge in [0.1, 0.15) is 17.1 Å². The first-order chi connectivity index (χ1) is 10.7. The van der Waals surface area contributed by atoms with Crippen molar-refractivity contribution in [1.82, 2.24) is 19.7 Å². The van der Waals surface area contributed by atoms with Crippen LogP contribution in [0.25, 0.3) is 22.6 Å². The highest BCUT2D eigenvalue weighted by molar-refractivity contribution is 5.80. The Kier molecular flexibility index (Phi) is 2.96. The number of H-pyrrole nitrogens is 1. The zero-order valence-electron chi connectivity index (χ0n) is 13.1. The minimum atomic E-state index is 0.407. The van der Waals surface area contributed by atoms with Crippen molar-refractivity contribution in [2.24, 2.45) is 5.92 Å². The van der Waals surface area contributed by atoms with E-state index in [1.807, 2.05) is 31.2 Å². The van der Waals surface area contributed by atoms with Gasteiger partial charge in [0.2, 0.25) is 0 Å². The molecule has 1 fully saturated rings. The van der Waals surface area contributed by atoms with Crippen LogP contribution in [0.5, 0.6) is 5.75 Å². The van der Waals surface area contributed by atoms with E-state index < -0.39 is 0 Å². The van der Waals surface area contributed by atoms with Gasteiger partial charge in [-0.2, -0.15) is 5.10 Å². The fraction of sp³-hybridized carbons (Fsp3) is 0.412. The van der Waals surface area contributed by atoms with Gasteiger partial charge in [0.25, 0.3) is 0 Å². The summed E-state index contributed by atoms with van der Waals surface area (Å²) in [6.07, 6.45) is 2.59. The normalized spacial score (nSPS) is 16.1. The fourth-order valence-electron chi connectivity index (χ4n) is 3.07. The number of para-hydroxylation sites is 1. The van der Waals surface area contributed by atoms with Crippen molar-refractivity contribution in [3.63, 3.8) is 0 Å². The summed E-state index contributed by atoms with van der Waals surface area (Å²) in [6, 6.07) is 8.34. The van der Waals surface area contributed by atoms with Crippen LogP contribution in [0.3, 0.4) is 0 Å². The molecule has 22 heavy (non-hydrogen) atoms. The third-order valence-electron chi connectivity index (χ3n) is 4.57. The highest BCUT2D eigenvalue weighted by Gasteiger charge is 2.31. The zero-order chi connectivity index (χ0) is 15.3. The summed E-state index contributed by atoms with van der Waals surface area (Å²) in [5.41, 5.74) is 3.94. The first-order valence-electron chi connectivity index (χ1n) is 7.77. The van der Waals surface area contributed by atoms with Crippen LogP contribution in [0.15, 0.2) is 24.3 Å². The molecule has 1 aliphatic rings. The highest BCUT2D eigenvalue weighted by atomic mass is 16.5. The average molecular weight is 296 g/mol. The van der Waals surface area contributed by atoms with E-state index in [1.54, 1.807) is 7.11 Å². The number of ether oxygens (including phenoxy) is 1. The van der Waals surface area contributed by atoms with Gasteiger partial charge < -0.3 is 9.72 Å². The van der Waals surface area contributed by atoms with E-state index >= 15 is 0 Å². The summed E-state index contributed by atoms with van der Waals surface area (Å²) in [5, 5.41) is 4.68. The van der Waals surface area contributed by atoms with E-state index in [2.05, 4.69) is 21.7 Å². The Hall–Kier alpha value is -2.30. The molecule has 2 aromatic heterocycles. The lowest BCUT2D eigenvalue weighted by Gasteiger charge is -2.10. The Balaban J connectivity index is 1.85. The molecular weight excluding hydrogens is 276 g/mol. The third kappa shape index (κ3) is 2.00. The number of fused-ring (bicyclic) bond motifs is 1. The lowest BCUT2D eigenvalue weighted by atomic mass is 10.2. The molecule has 1 atom stereocenters. The van der Waals surface area contributed by atoms with Crippen LogP contribution < -0.4 is 4.74 Å². The molecule has 0 aliphatic heterocycles. The number of aromatic amines is 1. The molecule has 3 aromatic rings. The van der Waals surface area contributed by atoms with Gasteiger partial charge in [-0.1, -0.05) is 12.1 Å². The van der Waals surface area contributed by atoms with Gasteiger partial charge in [-0.15, -0.1) is 0 Å². The number of imidazole rings is 1. The Morgan fingerprint density at radius 2 is 2.09 bits per heavy atom. The van der Waals surface area contributed by atoms with E-state index in [0.717, 1.165) is 39.9 Å². The Morgan fingerprint density at radius 1 is 1.32 bits per heavy atom. The molecule has 4 rings (SSSR count). The number of nitrogens with zero attached hydrogens (tertiary/aromatic N) is 3. The molecule has 0 bridgehead atoms. The fourth-order valence-corrected chi connectivity index (χ4v) is 3.07. The quantitative estimate of drug-likeness (QED) is 0.798. The predicted octanol–water partition coefficient (Wildman–Crippen LogP) is 3.71. The maximum absolute atomic E-state index is 5.45. The van der Waals surface area contributed by atoms with Crippen molar-refractivity contribution in [2.45, 2.75) is 32.7 Å². The van der Waals surface area contributed by atoms with Crippen molar-refractivity contribution < 1.29 is 4.74 Å². The number of rotatable bonds is 4. The van der Waals surface area contributed by atoms with E-state index in [1.165, 1.54) is 12.8 Å². The summed E-state index contributed by atoms with van der Waals surface area (Å²) in [7, 11) is 1.68. The zero-order valence-corrected chi connectivity index (χ0v) is 13.1. The molecule has 0 saturated heterocycles. The number of aromatic nitrogens is 4. The summed E-state index contributed by atoms with van der Waals surface area (Å²) in [6.45, 7) is 4.27. The average Bonchev–Trinajstić information content (AvgIpc) is 3.23. The van der Waals surface area contributed by atoms with Gasteiger partial charge >= 0.3 is 0 Å². The minimum absolute atomic E-state index is 0.407. The van der Waals surface area contributed by atoms with Crippen LogP contribution in [0.4, 0.5) is 0 Å². The molecule has 114 valence electrons. The molecule has 5 heteroatoms. The Bertz CT molecular complexity index is 828. The second-order valence-electron chi connectivity index (χ2n) is 6.09. The van der Waals surface area contributed by atoms with Crippen molar-refractivity contribution >= 4 is 11.2 Å². The molecular formula is C17H20N4O. The van der Waals surface area contributed by atoms with Gasteiger partial charge in [0.15, 0.2) is 5.65 Å². The van der Waals surface area contributed by atoms with Crippen molar-refractivity contribution in [2.75, 3.05) is 7.11 Å². The van der Waals surface area contributed by atoms with E-state index in [0.29, 0.717) is 6.04 Å². The van der Waals surface area contributed by atoms with Gasteiger partial charge in [-0.25, -0.2) is 9.67 Å². The lowest BCUT2D eigenvalue weighted by Crippen LogP contribution is -2.09. The predicted molar refractivity (Wildman–Crippen MR) is 86.0 cm³/mol. The van der Waals surface area contributed by atoms with Crippen molar-refractivity contribution in [3.05, 3.63) is 30.0 Å². The summed E-state index contributed by atoms with van der Waals surface area (Å²) in [4.78, 5) is 8.22. The third-order valence-corrected chi connectivity index (χ3v) is 4.57. The van der Waals surface area contributed by atoms with Gasteiger partial charge in [0, 0.05) is 0 Å². The Morgan fingerprint density at radius 3 is 2.82 bits per heavy atom. The number of hydrogen-bond acceptors (Lipinski definition) is 3. The number of aryl methyl sites for hydroxylation is 1. The van der Waals surface area contributed by atoms with Crippen LogP contribution in [0.1, 0.15) is 31.5 Å². The molecule has 1 N–H and O–H groups in total. The number of nitrogens with one attached hydrogen (secondary N) is 1. The smallest absolute Gasteiger partial charge is 0.177 e. The summed E-state index contributed by atoms with van der Waals surface area (Å²) in [5.74, 6) is 2.41. The summed E-state index contributed by atoms with van der Waals surface area (Å²) >= 11 is 0. The van der Waals surface area contributed by atoms with Crippen LogP contribution in [0.2, 0.25) is 0 Å². The first kappa shape index (κ1) is 13.4. The van der Waals surface area contributed by atoms with Crippen molar-refractivity contribution in [1.29, 1.82) is 0 Å². The molecule has 1 aliphatic carbocycles.